The number of carbonyl (C=O) groups is 1. The monoisotopic (exact) mass is 358 g/mol. The van der Waals surface area contributed by atoms with Crippen molar-refractivity contribution in [3.05, 3.63) is 101 Å². The van der Waals surface area contributed by atoms with Crippen LogP contribution >= 0.6 is 0 Å². The second-order valence-electron chi connectivity index (χ2n) is 6.88. The molecule has 4 heteroatoms. The van der Waals surface area contributed by atoms with Crippen LogP contribution in [0.5, 0.6) is 0 Å². The minimum atomic E-state index is -0.549. The Morgan fingerprint density at radius 2 is 1.70 bits per heavy atom. The predicted molar refractivity (Wildman–Crippen MR) is 106 cm³/mol. The molecule has 0 saturated heterocycles. The first-order valence-electron chi connectivity index (χ1n) is 9.19. The largest absolute Gasteiger partial charge is 0.378 e. The number of nitrogens with one attached hydrogen (secondary N) is 2. The lowest BCUT2D eigenvalue weighted by molar-refractivity contribution is -0.129. The molecule has 4 rings (SSSR count). The molecule has 136 valence electrons. The van der Waals surface area contributed by atoms with Crippen molar-refractivity contribution in [3.8, 4) is 0 Å². The van der Waals surface area contributed by atoms with Gasteiger partial charge in [-0.3, -0.25) is 10.0 Å². The van der Waals surface area contributed by atoms with Gasteiger partial charge in [-0.05, 0) is 41.2 Å². The van der Waals surface area contributed by atoms with Crippen LogP contribution in [0.25, 0.3) is 0 Å². The molecule has 0 saturated carbocycles. The lowest BCUT2D eigenvalue weighted by atomic mass is 9.87. The number of anilines is 1. The molecule has 4 nitrogen and oxygen atoms in total. The summed E-state index contributed by atoms with van der Waals surface area (Å²) < 4.78 is 0. The Hall–Kier alpha value is -3.11. The summed E-state index contributed by atoms with van der Waals surface area (Å²) in [5.41, 5.74) is 7.20. The number of hydroxylamine groups is 1. The maximum Gasteiger partial charge on any atom is 0.255 e. The standard InChI is InChI=1S/C23H22N2O2/c26-23(25-27)22(17-8-2-1-3-9-17)19-11-6-10-18(15-19)21-14-13-16-7-4-5-12-20(16)24-21/h1-12,15,21-22,24,27H,13-14H2,(H,25,26). The second kappa shape index (κ2) is 7.64. The fraction of sp³-hybridized carbons (Fsp3) is 0.174. The Labute approximate surface area is 158 Å². The molecule has 0 fully saturated rings. The highest BCUT2D eigenvalue weighted by Crippen LogP contribution is 2.34. The minimum absolute atomic E-state index is 0.202. The lowest BCUT2D eigenvalue weighted by Crippen LogP contribution is -2.27. The Bertz CT molecular complexity index is 940. The van der Waals surface area contributed by atoms with Gasteiger partial charge in [-0.25, -0.2) is 5.48 Å². The summed E-state index contributed by atoms with van der Waals surface area (Å²) in [6, 6.07) is 26.2. The third-order valence-electron chi connectivity index (χ3n) is 5.20. The van der Waals surface area contributed by atoms with E-state index in [1.54, 1.807) is 0 Å². The molecule has 1 heterocycles. The molecule has 3 aromatic carbocycles. The van der Waals surface area contributed by atoms with E-state index in [0.717, 1.165) is 29.5 Å². The van der Waals surface area contributed by atoms with E-state index in [2.05, 4.69) is 35.6 Å². The molecule has 0 radical (unpaired) electrons. The third kappa shape index (κ3) is 3.57. The SMILES string of the molecule is O=C(NO)C(c1ccccc1)c1cccc(C2CCc3ccccc3N2)c1. The number of para-hydroxylation sites is 1. The van der Waals surface area contributed by atoms with Gasteiger partial charge in [-0.15, -0.1) is 0 Å². The van der Waals surface area contributed by atoms with Gasteiger partial charge < -0.3 is 5.32 Å². The molecule has 1 amide bonds. The van der Waals surface area contributed by atoms with Gasteiger partial charge in [0.15, 0.2) is 0 Å². The number of amides is 1. The topological polar surface area (TPSA) is 61.4 Å². The number of hydrogen-bond donors (Lipinski definition) is 3. The second-order valence-corrected chi connectivity index (χ2v) is 6.88. The van der Waals surface area contributed by atoms with Gasteiger partial charge >= 0.3 is 0 Å². The van der Waals surface area contributed by atoms with Crippen LogP contribution in [-0.2, 0) is 11.2 Å². The van der Waals surface area contributed by atoms with Crippen LogP contribution in [0, 0.1) is 0 Å². The zero-order valence-electron chi connectivity index (χ0n) is 14.9. The van der Waals surface area contributed by atoms with Crippen LogP contribution in [0.1, 0.15) is 40.6 Å². The highest BCUT2D eigenvalue weighted by molar-refractivity contribution is 5.86. The summed E-state index contributed by atoms with van der Waals surface area (Å²) in [5, 5.41) is 12.9. The van der Waals surface area contributed by atoms with Gasteiger partial charge in [0.1, 0.15) is 0 Å². The quantitative estimate of drug-likeness (QED) is 0.478. The molecule has 0 aliphatic carbocycles. The van der Waals surface area contributed by atoms with Crippen molar-refractivity contribution in [3.63, 3.8) is 0 Å². The fourth-order valence-electron chi connectivity index (χ4n) is 3.85. The Morgan fingerprint density at radius 3 is 2.52 bits per heavy atom. The summed E-state index contributed by atoms with van der Waals surface area (Å²) in [5.74, 6) is -0.979. The highest BCUT2D eigenvalue weighted by atomic mass is 16.5. The van der Waals surface area contributed by atoms with Gasteiger partial charge in [-0.2, -0.15) is 0 Å². The van der Waals surface area contributed by atoms with E-state index < -0.39 is 11.8 Å². The molecule has 2 unspecified atom stereocenters. The first kappa shape index (κ1) is 17.3. The van der Waals surface area contributed by atoms with E-state index in [1.807, 2.05) is 54.0 Å². The van der Waals surface area contributed by atoms with Gasteiger partial charge in [0.2, 0.25) is 0 Å². The van der Waals surface area contributed by atoms with E-state index in [9.17, 15) is 10.0 Å². The molecule has 27 heavy (non-hydrogen) atoms. The van der Waals surface area contributed by atoms with Crippen molar-refractivity contribution in [1.82, 2.24) is 5.48 Å². The van der Waals surface area contributed by atoms with E-state index in [1.165, 1.54) is 11.3 Å². The summed E-state index contributed by atoms with van der Waals surface area (Å²) >= 11 is 0. The van der Waals surface area contributed by atoms with Crippen LogP contribution in [0.2, 0.25) is 0 Å². The summed E-state index contributed by atoms with van der Waals surface area (Å²) in [6.45, 7) is 0. The molecule has 3 aromatic rings. The number of fused-ring (bicyclic) bond motifs is 1. The number of hydrogen-bond acceptors (Lipinski definition) is 3. The van der Waals surface area contributed by atoms with Crippen molar-refractivity contribution < 1.29 is 10.0 Å². The normalized spacial score (nSPS) is 16.7. The molecule has 0 aromatic heterocycles. The molecule has 0 spiro atoms. The average Bonchev–Trinajstić information content (AvgIpc) is 2.74. The zero-order valence-corrected chi connectivity index (χ0v) is 14.9. The molecular formula is C23H22N2O2. The smallest absolute Gasteiger partial charge is 0.255 e. The highest BCUT2D eigenvalue weighted by Gasteiger charge is 2.24. The molecule has 3 N–H and O–H groups in total. The van der Waals surface area contributed by atoms with Crippen LogP contribution < -0.4 is 10.8 Å². The molecule has 2 atom stereocenters. The van der Waals surface area contributed by atoms with Crippen LogP contribution in [-0.4, -0.2) is 11.1 Å². The number of rotatable bonds is 4. The zero-order chi connectivity index (χ0) is 18.6. The Kier molecular flexibility index (Phi) is 4.90. The predicted octanol–water partition coefficient (Wildman–Crippen LogP) is 4.42. The number of carbonyl (C=O) groups excluding carboxylic acids is 1. The number of aryl methyl sites for hydroxylation is 1. The average molecular weight is 358 g/mol. The van der Waals surface area contributed by atoms with Gasteiger partial charge in [0.05, 0.1) is 12.0 Å². The lowest BCUT2D eigenvalue weighted by Gasteiger charge is -2.28. The number of benzene rings is 3. The maximum absolute atomic E-state index is 12.4. The van der Waals surface area contributed by atoms with Crippen molar-refractivity contribution in [2.24, 2.45) is 0 Å². The van der Waals surface area contributed by atoms with E-state index in [-0.39, 0.29) is 6.04 Å². The fourth-order valence-corrected chi connectivity index (χ4v) is 3.85. The summed E-state index contributed by atoms with van der Waals surface area (Å²) in [6.07, 6.45) is 2.03. The molecular weight excluding hydrogens is 336 g/mol. The Balaban J connectivity index is 1.66. The van der Waals surface area contributed by atoms with Crippen molar-refractivity contribution in [1.29, 1.82) is 0 Å². The van der Waals surface area contributed by atoms with Crippen molar-refractivity contribution in [2.75, 3.05) is 5.32 Å². The van der Waals surface area contributed by atoms with Gasteiger partial charge in [0, 0.05) is 5.69 Å². The summed E-state index contributed by atoms with van der Waals surface area (Å²) in [7, 11) is 0. The van der Waals surface area contributed by atoms with E-state index in [0.29, 0.717) is 0 Å². The Morgan fingerprint density at radius 1 is 0.963 bits per heavy atom. The van der Waals surface area contributed by atoms with Crippen LogP contribution in [0.15, 0.2) is 78.9 Å². The van der Waals surface area contributed by atoms with Crippen LogP contribution in [0.3, 0.4) is 0 Å². The maximum atomic E-state index is 12.4. The van der Waals surface area contributed by atoms with E-state index >= 15 is 0 Å². The van der Waals surface area contributed by atoms with Crippen molar-refractivity contribution in [2.45, 2.75) is 24.8 Å². The third-order valence-corrected chi connectivity index (χ3v) is 5.20. The summed E-state index contributed by atoms with van der Waals surface area (Å²) in [4.78, 5) is 12.4. The van der Waals surface area contributed by atoms with E-state index in [4.69, 9.17) is 0 Å². The first-order valence-corrected chi connectivity index (χ1v) is 9.19. The molecule has 1 aliphatic rings. The van der Waals surface area contributed by atoms with Gasteiger partial charge in [0.25, 0.3) is 5.91 Å². The van der Waals surface area contributed by atoms with Crippen molar-refractivity contribution >= 4 is 11.6 Å². The van der Waals surface area contributed by atoms with Crippen LogP contribution in [0.4, 0.5) is 5.69 Å². The van der Waals surface area contributed by atoms with Gasteiger partial charge in [-0.1, -0.05) is 72.8 Å². The minimum Gasteiger partial charge on any atom is -0.378 e. The molecule has 1 aliphatic heterocycles. The first-order chi connectivity index (χ1) is 13.3. The molecule has 0 bridgehead atoms.